The lowest BCUT2D eigenvalue weighted by molar-refractivity contribution is 0.194. The largest absolute Gasteiger partial charge is 0.472 e. The molecular weight excluding hydrogens is 314 g/mol. The Morgan fingerprint density at radius 2 is 2.35 bits per heavy atom. The topological polar surface area (TPSA) is 71.4 Å². The Labute approximate surface area is 137 Å². The molecule has 0 aromatic carbocycles. The van der Waals surface area contributed by atoms with Gasteiger partial charge in [-0.3, -0.25) is 4.90 Å². The van der Waals surface area contributed by atoms with E-state index in [9.17, 15) is 0 Å². The van der Waals surface area contributed by atoms with Crippen molar-refractivity contribution in [3.63, 3.8) is 0 Å². The number of piperazine rings is 1. The van der Waals surface area contributed by atoms with Gasteiger partial charge < -0.3 is 13.8 Å². The number of hydrogen-bond acceptors (Lipinski definition) is 8. The van der Waals surface area contributed by atoms with E-state index in [1.807, 2.05) is 17.6 Å². The van der Waals surface area contributed by atoms with Crippen LogP contribution < -0.4 is 4.90 Å². The Bertz CT molecular complexity index is 740. The molecule has 1 atom stereocenters. The number of rotatable bonds is 4. The van der Waals surface area contributed by atoms with E-state index in [4.69, 9.17) is 8.94 Å². The van der Waals surface area contributed by atoms with Gasteiger partial charge in [-0.15, -0.1) is 11.3 Å². The van der Waals surface area contributed by atoms with E-state index >= 15 is 0 Å². The van der Waals surface area contributed by atoms with E-state index in [-0.39, 0.29) is 0 Å². The molecule has 0 radical (unpaired) electrons. The third kappa shape index (κ3) is 2.99. The predicted octanol–water partition coefficient (Wildman–Crippen LogP) is 2.50. The van der Waals surface area contributed by atoms with Crippen molar-refractivity contribution < 1.29 is 8.94 Å². The molecule has 3 aromatic heterocycles. The van der Waals surface area contributed by atoms with Crippen molar-refractivity contribution in [2.45, 2.75) is 19.5 Å². The summed E-state index contributed by atoms with van der Waals surface area (Å²) < 4.78 is 10.4. The zero-order valence-corrected chi connectivity index (χ0v) is 13.6. The van der Waals surface area contributed by atoms with Crippen molar-refractivity contribution in [1.82, 2.24) is 20.0 Å². The second-order valence-electron chi connectivity index (χ2n) is 5.62. The summed E-state index contributed by atoms with van der Waals surface area (Å²) in [6.45, 7) is 5.74. The first-order valence-corrected chi connectivity index (χ1v) is 8.41. The molecule has 1 aliphatic rings. The minimum absolute atomic E-state index is 0.408. The molecule has 120 valence electrons. The van der Waals surface area contributed by atoms with Crippen LogP contribution in [0, 0.1) is 0 Å². The molecule has 0 aliphatic carbocycles. The number of hydrogen-bond donors (Lipinski definition) is 0. The van der Waals surface area contributed by atoms with Gasteiger partial charge in [-0.2, -0.15) is 4.98 Å². The maximum absolute atomic E-state index is 5.36. The SMILES string of the molecule is CC1CN(Cc2nc(-c3ccoc3)no2)CCN1c1nccs1. The summed E-state index contributed by atoms with van der Waals surface area (Å²) in [6.07, 6.45) is 5.07. The second-order valence-corrected chi connectivity index (χ2v) is 6.49. The summed E-state index contributed by atoms with van der Waals surface area (Å²) in [6, 6.07) is 2.23. The van der Waals surface area contributed by atoms with Gasteiger partial charge in [0.15, 0.2) is 5.13 Å². The van der Waals surface area contributed by atoms with Gasteiger partial charge in [0.1, 0.15) is 6.26 Å². The zero-order chi connectivity index (χ0) is 15.6. The molecule has 7 nitrogen and oxygen atoms in total. The lowest BCUT2D eigenvalue weighted by Crippen LogP contribution is -2.51. The minimum atomic E-state index is 0.408. The summed E-state index contributed by atoms with van der Waals surface area (Å²) in [4.78, 5) is 13.5. The maximum atomic E-state index is 5.36. The number of nitrogens with zero attached hydrogens (tertiary/aromatic N) is 5. The van der Waals surface area contributed by atoms with Gasteiger partial charge in [-0.05, 0) is 13.0 Å². The number of aromatic nitrogens is 3. The number of thiazole rings is 1. The number of furan rings is 1. The average Bonchev–Trinajstić information content (AvgIpc) is 3.30. The van der Waals surface area contributed by atoms with Crippen LogP contribution >= 0.6 is 11.3 Å². The number of anilines is 1. The highest BCUT2D eigenvalue weighted by atomic mass is 32.1. The van der Waals surface area contributed by atoms with E-state index < -0.39 is 0 Å². The van der Waals surface area contributed by atoms with Crippen molar-refractivity contribution in [3.05, 3.63) is 36.1 Å². The lowest BCUT2D eigenvalue weighted by atomic mass is 10.2. The van der Waals surface area contributed by atoms with Crippen LogP contribution in [0.1, 0.15) is 12.8 Å². The predicted molar refractivity (Wildman–Crippen MR) is 86.2 cm³/mol. The first kappa shape index (κ1) is 14.4. The average molecular weight is 331 g/mol. The van der Waals surface area contributed by atoms with Crippen molar-refractivity contribution in [3.8, 4) is 11.4 Å². The van der Waals surface area contributed by atoms with Crippen molar-refractivity contribution >= 4 is 16.5 Å². The lowest BCUT2D eigenvalue weighted by Gasteiger charge is -2.39. The van der Waals surface area contributed by atoms with E-state index in [2.05, 4.69) is 31.8 Å². The molecule has 4 heterocycles. The highest BCUT2D eigenvalue weighted by Crippen LogP contribution is 2.23. The molecule has 0 N–H and O–H groups in total. The van der Waals surface area contributed by atoms with Crippen LogP contribution in [0.3, 0.4) is 0 Å². The Morgan fingerprint density at radius 3 is 3.09 bits per heavy atom. The van der Waals surface area contributed by atoms with E-state index in [0.717, 1.165) is 30.3 Å². The molecule has 1 fully saturated rings. The summed E-state index contributed by atoms with van der Waals surface area (Å²) >= 11 is 1.69. The molecule has 0 bridgehead atoms. The van der Waals surface area contributed by atoms with Gasteiger partial charge in [-0.1, -0.05) is 5.16 Å². The maximum Gasteiger partial charge on any atom is 0.241 e. The van der Waals surface area contributed by atoms with Crippen molar-refractivity contribution in [2.24, 2.45) is 0 Å². The van der Waals surface area contributed by atoms with Crippen LogP contribution in [-0.4, -0.2) is 45.7 Å². The fraction of sp³-hybridized carbons (Fsp3) is 0.400. The van der Waals surface area contributed by atoms with E-state index in [1.165, 1.54) is 0 Å². The molecule has 1 unspecified atom stereocenters. The fourth-order valence-electron chi connectivity index (χ4n) is 2.84. The van der Waals surface area contributed by atoms with Crippen LogP contribution in [0.2, 0.25) is 0 Å². The smallest absolute Gasteiger partial charge is 0.241 e. The van der Waals surface area contributed by atoms with Gasteiger partial charge in [0.05, 0.1) is 18.4 Å². The molecule has 23 heavy (non-hydrogen) atoms. The normalized spacial score (nSPS) is 19.3. The van der Waals surface area contributed by atoms with Crippen LogP contribution in [0.4, 0.5) is 5.13 Å². The summed E-state index contributed by atoms with van der Waals surface area (Å²) in [5, 5.41) is 7.12. The van der Waals surface area contributed by atoms with Crippen LogP contribution in [0.15, 0.2) is 39.1 Å². The van der Waals surface area contributed by atoms with Crippen LogP contribution in [0.5, 0.6) is 0 Å². The third-order valence-corrected chi connectivity index (χ3v) is 4.79. The summed E-state index contributed by atoms with van der Waals surface area (Å²) in [5.41, 5.74) is 0.835. The Kier molecular flexibility index (Phi) is 3.84. The molecular formula is C15H17N5O2S. The molecule has 8 heteroatoms. The third-order valence-electron chi connectivity index (χ3n) is 3.98. The van der Waals surface area contributed by atoms with Gasteiger partial charge >= 0.3 is 0 Å². The van der Waals surface area contributed by atoms with Gasteiger partial charge in [0.2, 0.25) is 11.7 Å². The van der Waals surface area contributed by atoms with Crippen molar-refractivity contribution in [1.29, 1.82) is 0 Å². The quantitative estimate of drug-likeness (QED) is 0.727. The Balaban J connectivity index is 1.39. The molecule has 0 saturated carbocycles. The van der Waals surface area contributed by atoms with Crippen LogP contribution in [0.25, 0.3) is 11.4 Å². The first-order valence-electron chi connectivity index (χ1n) is 7.53. The van der Waals surface area contributed by atoms with Gasteiger partial charge in [-0.25, -0.2) is 4.98 Å². The minimum Gasteiger partial charge on any atom is -0.472 e. The standard InChI is InChI=1S/C15H17N5O2S/c1-11-8-19(4-5-20(11)15-16-3-7-23-15)9-13-17-14(18-22-13)12-2-6-21-10-12/h2-3,6-7,10-11H,4-5,8-9H2,1H3. The first-order chi connectivity index (χ1) is 11.3. The highest BCUT2D eigenvalue weighted by Gasteiger charge is 2.26. The van der Waals surface area contributed by atoms with Gasteiger partial charge in [0.25, 0.3) is 0 Å². The van der Waals surface area contributed by atoms with Crippen molar-refractivity contribution in [2.75, 3.05) is 24.5 Å². The Hall–Kier alpha value is -2.19. The van der Waals surface area contributed by atoms with Crippen LogP contribution in [-0.2, 0) is 6.54 Å². The second kappa shape index (κ2) is 6.13. The molecule has 1 aliphatic heterocycles. The molecule has 0 spiro atoms. The summed E-state index contributed by atoms with van der Waals surface area (Å²) in [7, 11) is 0. The van der Waals surface area contributed by atoms with E-state index in [0.29, 0.717) is 24.3 Å². The zero-order valence-electron chi connectivity index (χ0n) is 12.8. The molecule has 0 amide bonds. The highest BCUT2D eigenvalue weighted by molar-refractivity contribution is 7.13. The molecule has 1 saturated heterocycles. The fourth-order valence-corrected chi connectivity index (χ4v) is 3.61. The Morgan fingerprint density at radius 1 is 1.39 bits per heavy atom. The van der Waals surface area contributed by atoms with E-state index in [1.54, 1.807) is 23.9 Å². The molecule has 4 rings (SSSR count). The summed E-state index contributed by atoms with van der Waals surface area (Å²) in [5.74, 6) is 1.21. The van der Waals surface area contributed by atoms with Gasteiger partial charge in [0, 0.05) is 37.3 Å². The molecule has 3 aromatic rings. The monoisotopic (exact) mass is 331 g/mol.